The van der Waals surface area contributed by atoms with Crippen LogP contribution in [0.4, 0.5) is 4.79 Å². The predicted octanol–water partition coefficient (Wildman–Crippen LogP) is 6.04. The van der Waals surface area contributed by atoms with Gasteiger partial charge in [-0.05, 0) is 70.1 Å². The lowest BCUT2D eigenvalue weighted by atomic mass is 9.76. The van der Waals surface area contributed by atoms with Gasteiger partial charge in [0, 0.05) is 17.9 Å². The SMILES string of the molecule is CCCCOC(=O)N1CCCC(CC(=O)OCC)(N[S@+]([O-])C(C)(C)C)C1Cc1cccc(-c2ccccc2)c1. The molecule has 1 aliphatic heterocycles. The first kappa shape index (κ1) is 31.0. The summed E-state index contributed by atoms with van der Waals surface area (Å²) in [4.78, 5) is 28.1. The Morgan fingerprint density at radius 1 is 1.08 bits per heavy atom. The van der Waals surface area contributed by atoms with Crippen LogP contribution < -0.4 is 4.72 Å². The van der Waals surface area contributed by atoms with Crippen LogP contribution in [0.2, 0.25) is 0 Å². The average molecular weight is 557 g/mol. The van der Waals surface area contributed by atoms with Crippen LogP contribution in [0.15, 0.2) is 54.6 Å². The zero-order valence-electron chi connectivity index (χ0n) is 24.0. The molecule has 2 unspecified atom stereocenters. The fourth-order valence-corrected chi connectivity index (χ4v) is 5.98. The van der Waals surface area contributed by atoms with E-state index in [4.69, 9.17) is 9.47 Å². The summed E-state index contributed by atoms with van der Waals surface area (Å²) in [6.45, 7) is 10.6. The third-order valence-electron chi connectivity index (χ3n) is 7.07. The molecule has 1 saturated heterocycles. The van der Waals surface area contributed by atoms with E-state index in [1.54, 1.807) is 11.8 Å². The number of hydrogen-bond acceptors (Lipinski definition) is 6. The first-order chi connectivity index (χ1) is 18.6. The fourth-order valence-electron chi connectivity index (χ4n) is 5.00. The molecule has 1 amide bonds. The van der Waals surface area contributed by atoms with Crippen LogP contribution in [-0.2, 0) is 32.1 Å². The minimum atomic E-state index is -1.48. The van der Waals surface area contributed by atoms with Gasteiger partial charge in [-0.2, -0.15) is 0 Å². The van der Waals surface area contributed by atoms with Crippen molar-refractivity contribution in [3.63, 3.8) is 0 Å². The number of piperidine rings is 1. The second-order valence-electron chi connectivity index (χ2n) is 11.2. The quantitative estimate of drug-likeness (QED) is 0.206. The van der Waals surface area contributed by atoms with Crippen molar-refractivity contribution in [2.75, 3.05) is 19.8 Å². The maximum Gasteiger partial charge on any atom is 0.410 e. The summed E-state index contributed by atoms with van der Waals surface area (Å²) in [5, 5.41) is 0. The molecular weight excluding hydrogens is 512 g/mol. The molecule has 1 aliphatic rings. The highest BCUT2D eigenvalue weighted by Crippen LogP contribution is 2.37. The summed E-state index contributed by atoms with van der Waals surface area (Å²) >= 11 is -1.48. The molecular formula is C31H44N2O5S. The predicted molar refractivity (Wildman–Crippen MR) is 157 cm³/mol. The standard InChI is InChI=1S/C31H44N2O5S/c1-6-8-20-38-29(35)33-19-13-18-31(23-28(34)37-7-2,32-39(36)30(3,4)5)27(33)22-24-14-12-17-26(21-24)25-15-10-9-11-16-25/h9-12,14-17,21,27,32H,6-8,13,18-20,22-23H2,1-5H3/t27?,31?,39-/m1/s1. The van der Waals surface area contributed by atoms with E-state index in [9.17, 15) is 14.1 Å². The summed E-state index contributed by atoms with van der Waals surface area (Å²) in [7, 11) is 0. The minimum absolute atomic E-state index is 0.00441. The van der Waals surface area contributed by atoms with Gasteiger partial charge in [-0.25, -0.2) is 4.79 Å². The smallest absolute Gasteiger partial charge is 0.410 e. The van der Waals surface area contributed by atoms with Crippen molar-refractivity contribution >= 4 is 23.4 Å². The number of nitrogens with zero attached hydrogens (tertiary/aromatic N) is 1. The number of rotatable bonds is 11. The van der Waals surface area contributed by atoms with E-state index < -0.39 is 33.8 Å². The lowest BCUT2D eigenvalue weighted by Crippen LogP contribution is -2.68. The monoisotopic (exact) mass is 556 g/mol. The van der Waals surface area contributed by atoms with E-state index in [2.05, 4.69) is 29.0 Å². The third-order valence-corrected chi connectivity index (χ3v) is 8.78. The number of unbranched alkanes of at least 4 members (excludes halogenated alkanes) is 1. The zero-order valence-corrected chi connectivity index (χ0v) is 24.9. The Hall–Kier alpha value is -2.55. The number of esters is 1. The van der Waals surface area contributed by atoms with Gasteiger partial charge in [0.25, 0.3) is 0 Å². The van der Waals surface area contributed by atoms with Gasteiger partial charge in [-0.3, -0.25) is 4.79 Å². The van der Waals surface area contributed by atoms with Crippen LogP contribution in [0, 0.1) is 0 Å². The lowest BCUT2D eigenvalue weighted by molar-refractivity contribution is -0.146. The molecule has 0 spiro atoms. The number of likely N-dealkylation sites (tertiary alicyclic amines) is 1. The van der Waals surface area contributed by atoms with Crippen LogP contribution in [0.25, 0.3) is 11.1 Å². The minimum Gasteiger partial charge on any atom is -0.598 e. The van der Waals surface area contributed by atoms with E-state index in [1.165, 1.54) is 0 Å². The normalized spacial score (nSPS) is 20.4. The lowest BCUT2D eigenvalue weighted by Gasteiger charge is -2.49. The van der Waals surface area contributed by atoms with Crippen LogP contribution in [0.5, 0.6) is 0 Å². The van der Waals surface area contributed by atoms with E-state index in [0.717, 1.165) is 29.5 Å². The number of ether oxygens (including phenoxy) is 2. The molecule has 0 radical (unpaired) electrons. The van der Waals surface area contributed by atoms with E-state index in [0.29, 0.717) is 32.4 Å². The molecule has 0 bridgehead atoms. The molecule has 214 valence electrons. The Bertz CT molecular complexity index is 1070. The third kappa shape index (κ3) is 8.47. The molecule has 8 heteroatoms. The Morgan fingerprint density at radius 3 is 2.46 bits per heavy atom. The summed E-state index contributed by atoms with van der Waals surface area (Å²) in [6.07, 6.45) is 3.00. The molecule has 2 aromatic carbocycles. The first-order valence-corrected chi connectivity index (χ1v) is 15.2. The number of nitrogens with one attached hydrogen (secondary N) is 1. The van der Waals surface area contributed by atoms with Crippen LogP contribution in [-0.4, -0.2) is 57.6 Å². The molecule has 3 atom stereocenters. The highest BCUT2D eigenvalue weighted by atomic mass is 32.2. The first-order valence-electron chi connectivity index (χ1n) is 14.0. The Labute approximate surface area is 237 Å². The van der Waals surface area contributed by atoms with E-state index in [-0.39, 0.29) is 19.0 Å². The van der Waals surface area contributed by atoms with Crippen LogP contribution in [0.3, 0.4) is 0 Å². The van der Waals surface area contributed by atoms with Crippen molar-refractivity contribution in [1.82, 2.24) is 9.62 Å². The summed E-state index contributed by atoms with van der Waals surface area (Å²) in [5.41, 5.74) is 2.24. The molecule has 3 rings (SSSR count). The number of carbonyl (C=O) groups excluding carboxylic acids is 2. The number of hydrogen-bond donors (Lipinski definition) is 1. The van der Waals surface area contributed by atoms with Gasteiger partial charge >= 0.3 is 12.1 Å². The van der Waals surface area contributed by atoms with Crippen molar-refractivity contribution in [3.05, 3.63) is 60.2 Å². The molecule has 39 heavy (non-hydrogen) atoms. The van der Waals surface area contributed by atoms with E-state index >= 15 is 0 Å². The number of benzene rings is 2. The van der Waals surface area contributed by atoms with Gasteiger partial charge < -0.3 is 18.9 Å². The van der Waals surface area contributed by atoms with Crippen molar-refractivity contribution < 1.29 is 23.6 Å². The van der Waals surface area contributed by atoms with Gasteiger partial charge in [-0.1, -0.05) is 67.9 Å². The van der Waals surface area contributed by atoms with Crippen LogP contribution in [0.1, 0.15) is 72.3 Å². The fraction of sp³-hybridized carbons (Fsp3) is 0.548. The van der Waals surface area contributed by atoms with Gasteiger partial charge in [-0.15, -0.1) is 4.72 Å². The molecule has 0 aliphatic carbocycles. The maximum absolute atomic E-state index is 13.5. The average Bonchev–Trinajstić information content (AvgIpc) is 2.90. The van der Waals surface area contributed by atoms with Crippen molar-refractivity contribution in [2.45, 2.75) is 89.5 Å². The van der Waals surface area contributed by atoms with Gasteiger partial charge in [0.1, 0.15) is 4.75 Å². The summed E-state index contributed by atoms with van der Waals surface area (Å²) in [5.74, 6) is -0.375. The van der Waals surface area contributed by atoms with Gasteiger partial charge in [0.05, 0.1) is 31.2 Å². The van der Waals surface area contributed by atoms with Gasteiger partial charge in [0.2, 0.25) is 0 Å². The Balaban J connectivity index is 2.05. The highest BCUT2D eigenvalue weighted by Gasteiger charge is 2.52. The topological polar surface area (TPSA) is 90.9 Å². The summed E-state index contributed by atoms with van der Waals surface area (Å²) < 4.78 is 27.3. The van der Waals surface area contributed by atoms with Crippen molar-refractivity contribution in [2.24, 2.45) is 0 Å². The zero-order chi connectivity index (χ0) is 28.5. The number of carbonyl (C=O) groups is 2. The second kappa shape index (κ2) is 14.2. The van der Waals surface area contributed by atoms with Gasteiger partial charge in [0.15, 0.2) is 0 Å². The molecule has 1 N–H and O–H groups in total. The number of amides is 1. The molecule has 0 saturated carbocycles. The molecule has 7 nitrogen and oxygen atoms in total. The van der Waals surface area contributed by atoms with Crippen molar-refractivity contribution in [3.8, 4) is 11.1 Å². The van der Waals surface area contributed by atoms with Crippen LogP contribution >= 0.6 is 0 Å². The van der Waals surface area contributed by atoms with E-state index in [1.807, 2.05) is 58.0 Å². The molecule has 1 heterocycles. The van der Waals surface area contributed by atoms with Crippen molar-refractivity contribution in [1.29, 1.82) is 0 Å². The second-order valence-corrected chi connectivity index (χ2v) is 13.1. The highest BCUT2D eigenvalue weighted by molar-refractivity contribution is 7.90. The molecule has 0 aromatic heterocycles. The Morgan fingerprint density at radius 2 is 1.79 bits per heavy atom. The Kier molecular flexibility index (Phi) is 11.3. The largest absolute Gasteiger partial charge is 0.598 e. The molecule has 1 fully saturated rings. The molecule has 2 aromatic rings. The maximum atomic E-state index is 13.5. The summed E-state index contributed by atoms with van der Waals surface area (Å²) in [6, 6.07) is 17.9.